The minimum Gasteiger partial charge on any atom is -0.310 e. The molecule has 0 spiro atoms. The summed E-state index contributed by atoms with van der Waals surface area (Å²) >= 11 is 4.11. The van der Waals surface area contributed by atoms with Crippen LogP contribution in [0.15, 0.2) is 146 Å². The summed E-state index contributed by atoms with van der Waals surface area (Å²) in [7, 11) is 0. The van der Waals surface area contributed by atoms with E-state index in [0.717, 1.165) is 0 Å². The fraction of sp³-hybridized carbons (Fsp3) is 0.258. The van der Waals surface area contributed by atoms with Crippen molar-refractivity contribution in [3.8, 4) is 5.69 Å². The Bertz CT molecular complexity index is 3530. The zero-order chi connectivity index (χ0) is 46.2. The monoisotopic (exact) mass is 917 g/mol. The Morgan fingerprint density at radius 3 is 1.18 bits per heavy atom. The maximum atomic E-state index is 2.67. The average molecular weight is 918 g/mol. The van der Waals surface area contributed by atoms with Gasteiger partial charge in [0.2, 0.25) is 0 Å². The molecule has 0 fully saturated rings. The molecule has 3 aromatic heterocycles. The molecule has 5 heterocycles. The smallest absolute Gasteiger partial charge is 0.277 e. The first kappa shape index (κ1) is 40.9. The molecule has 0 saturated carbocycles. The number of hydrogen-bond donors (Lipinski definition) is 0. The van der Waals surface area contributed by atoms with Crippen molar-refractivity contribution in [3.63, 3.8) is 0 Å². The summed E-state index contributed by atoms with van der Waals surface area (Å²) in [5, 5.41) is 5.30. The SMILES string of the molecule is CC1(C)CCC(C)(C)c2cc3c4c(sc3cc21)B1c2sc3cc5c(cc3c2N(c2ccccc2)c2cc(-n3c6ccccc6c6ccccc63)cc(c21)N4c1ccccc1)C(C)(C)CCC5(C)C. The summed E-state index contributed by atoms with van der Waals surface area (Å²) in [6.45, 7) is 19.8. The molecule has 10 aromatic rings. The number of anilines is 6. The summed E-state index contributed by atoms with van der Waals surface area (Å²) < 4.78 is 8.22. The molecule has 0 atom stereocenters. The van der Waals surface area contributed by atoms with Gasteiger partial charge < -0.3 is 14.4 Å². The summed E-state index contributed by atoms with van der Waals surface area (Å²) in [6, 6.07) is 56.1. The van der Waals surface area contributed by atoms with Crippen molar-refractivity contribution in [2.75, 3.05) is 9.80 Å². The van der Waals surface area contributed by atoms with Crippen LogP contribution in [0.4, 0.5) is 34.1 Å². The molecule has 0 N–H and O–H groups in total. The first-order valence-electron chi connectivity index (χ1n) is 24.8. The van der Waals surface area contributed by atoms with Gasteiger partial charge in [0, 0.05) is 63.2 Å². The fourth-order valence-corrected chi connectivity index (χ4v) is 15.8. The molecule has 3 nitrogen and oxygen atoms in total. The molecule has 2 aliphatic carbocycles. The van der Waals surface area contributed by atoms with Crippen LogP contribution in [-0.4, -0.2) is 11.3 Å². The van der Waals surface area contributed by atoms with Crippen LogP contribution in [0.25, 0.3) is 47.7 Å². The fourth-order valence-electron chi connectivity index (χ4n) is 13.1. The molecular formula is C62H56BN3S2. The lowest BCUT2D eigenvalue weighted by Crippen LogP contribution is -2.59. The van der Waals surface area contributed by atoms with Gasteiger partial charge in [0.25, 0.3) is 6.71 Å². The number of hydrogen-bond acceptors (Lipinski definition) is 4. The van der Waals surface area contributed by atoms with Crippen LogP contribution in [0.3, 0.4) is 0 Å². The number of benzene rings is 7. The Kier molecular flexibility index (Phi) is 8.31. The molecular weight excluding hydrogens is 862 g/mol. The molecule has 0 radical (unpaired) electrons. The van der Waals surface area contributed by atoms with Crippen molar-refractivity contribution in [2.45, 2.75) is 103 Å². The van der Waals surface area contributed by atoms with Crippen molar-refractivity contribution >= 4 is 121 Å². The van der Waals surface area contributed by atoms with Gasteiger partial charge in [-0.2, -0.15) is 0 Å². The van der Waals surface area contributed by atoms with Crippen LogP contribution in [-0.2, 0) is 21.7 Å². The molecule has 7 aromatic carbocycles. The predicted octanol–water partition coefficient (Wildman–Crippen LogP) is 16.0. The van der Waals surface area contributed by atoms with Crippen molar-refractivity contribution in [1.82, 2.24) is 4.57 Å². The highest BCUT2D eigenvalue weighted by Gasteiger charge is 2.49. The minimum atomic E-state index is 0.0445. The van der Waals surface area contributed by atoms with E-state index >= 15 is 0 Å². The van der Waals surface area contributed by atoms with Gasteiger partial charge in [-0.05, 0) is 148 Å². The van der Waals surface area contributed by atoms with E-state index in [2.05, 4.69) is 238 Å². The zero-order valence-electron chi connectivity index (χ0n) is 40.4. The van der Waals surface area contributed by atoms with Gasteiger partial charge in [0.05, 0.1) is 28.1 Å². The van der Waals surface area contributed by atoms with Crippen molar-refractivity contribution in [2.24, 2.45) is 0 Å². The molecule has 68 heavy (non-hydrogen) atoms. The maximum Gasteiger partial charge on any atom is 0.277 e. The van der Waals surface area contributed by atoms with Gasteiger partial charge in [-0.3, -0.25) is 0 Å². The standard InChI is InChI=1S/C62H56BN3S2/c1-59(2)27-29-61(5,6)46-35-52-42(33-44(46)59)55-57(67-52)63-54-50(65(55)37-19-11-9-12-20-37)31-39(64-48-25-17-15-23-40(48)41-24-16-18-26-49(41)64)32-51(54)66(38-21-13-10-14-22-38)56-43-34-45-47(36-53(43)68-58(56)63)62(7,8)30-28-60(45,3)4/h9-26,31-36H,27-30H2,1-8H3. The van der Waals surface area contributed by atoms with Crippen LogP contribution in [0, 0.1) is 0 Å². The van der Waals surface area contributed by atoms with Gasteiger partial charge in [-0.15, -0.1) is 22.7 Å². The molecule has 0 bridgehead atoms. The average Bonchev–Trinajstić information content (AvgIpc) is 4.01. The second kappa shape index (κ2) is 13.8. The highest BCUT2D eigenvalue weighted by molar-refractivity contribution is 7.40. The Morgan fingerprint density at radius 2 is 0.765 bits per heavy atom. The lowest BCUT2D eigenvalue weighted by molar-refractivity contribution is 0.332. The van der Waals surface area contributed by atoms with Gasteiger partial charge in [-0.25, -0.2) is 0 Å². The Hall–Kier alpha value is -6.08. The first-order valence-corrected chi connectivity index (χ1v) is 26.4. The maximum absolute atomic E-state index is 2.67. The first-order chi connectivity index (χ1) is 32.7. The topological polar surface area (TPSA) is 11.4 Å². The molecule has 0 amide bonds. The van der Waals surface area contributed by atoms with Crippen LogP contribution >= 0.6 is 22.7 Å². The lowest BCUT2D eigenvalue weighted by Gasteiger charge is -2.43. The largest absolute Gasteiger partial charge is 0.310 e. The Morgan fingerprint density at radius 1 is 0.397 bits per heavy atom. The van der Waals surface area contributed by atoms with Crippen molar-refractivity contribution in [3.05, 3.63) is 168 Å². The number of para-hydroxylation sites is 4. The summed E-state index contributed by atoms with van der Waals surface area (Å²) in [5.74, 6) is 0. The molecule has 2 aliphatic heterocycles. The number of fused-ring (bicyclic) bond motifs is 13. The predicted molar refractivity (Wildman–Crippen MR) is 296 cm³/mol. The molecule has 4 aliphatic rings. The van der Waals surface area contributed by atoms with Gasteiger partial charge in [0.1, 0.15) is 0 Å². The molecule has 0 saturated heterocycles. The van der Waals surface area contributed by atoms with Gasteiger partial charge in [-0.1, -0.05) is 128 Å². The highest BCUT2D eigenvalue weighted by atomic mass is 32.1. The third-order valence-corrected chi connectivity index (χ3v) is 19.5. The molecule has 0 unspecified atom stereocenters. The van der Waals surface area contributed by atoms with Crippen LogP contribution in [0.2, 0.25) is 0 Å². The van der Waals surface area contributed by atoms with Crippen molar-refractivity contribution in [1.29, 1.82) is 0 Å². The van der Waals surface area contributed by atoms with E-state index in [4.69, 9.17) is 0 Å². The van der Waals surface area contributed by atoms with Gasteiger partial charge >= 0.3 is 0 Å². The number of rotatable bonds is 3. The number of aromatic nitrogens is 1. The normalized spacial score (nSPS) is 18.1. The van der Waals surface area contributed by atoms with Crippen LogP contribution < -0.4 is 24.8 Å². The number of thiophene rings is 2. The van der Waals surface area contributed by atoms with Crippen molar-refractivity contribution < 1.29 is 0 Å². The van der Waals surface area contributed by atoms with E-state index < -0.39 is 0 Å². The van der Waals surface area contributed by atoms with E-state index in [1.54, 1.807) is 0 Å². The van der Waals surface area contributed by atoms with Crippen LogP contribution in [0.1, 0.15) is 103 Å². The van der Waals surface area contributed by atoms with E-state index in [0.29, 0.717) is 0 Å². The van der Waals surface area contributed by atoms with E-state index in [9.17, 15) is 0 Å². The summed E-state index contributed by atoms with van der Waals surface area (Å²) in [6.07, 6.45) is 4.76. The number of nitrogens with zero attached hydrogens (tertiary/aromatic N) is 3. The molecule has 14 rings (SSSR count). The highest BCUT2D eigenvalue weighted by Crippen LogP contribution is 2.56. The zero-order valence-corrected chi connectivity index (χ0v) is 42.1. The van der Waals surface area contributed by atoms with Gasteiger partial charge in [0.15, 0.2) is 0 Å². The second-order valence-corrected chi connectivity index (χ2v) is 25.2. The third-order valence-electron chi connectivity index (χ3n) is 17.1. The Labute approximate surface area is 408 Å². The van der Waals surface area contributed by atoms with E-state index in [-0.39, 0.29) is 28.4 Å². The quantitative estimate of drug-likeness (QED) is 0.164. The van der Waals surface area contributed by atoms with Crippen LogP contribution in [0.5, 0.6) is 0 Å². The summed E-state index contributed by atoms with van der Waals surface area (Å²) in [5.41, 5.74) is 19.0. The van der Waals surface area contributed by atoms with E-state index in [1.807, 2.05) is 0 Å². The molecule has 6 heteroatoms. The summed E-state index contributed by atoms with van der Waals surface area (Å²) in [4.78, 5) is 5.33. The molecule has 334 valence electrons. The Balaban J connectivity index is 1.17. The third kappa shape index (κ3) is 5.53. The van der Waals surface area contributed by atoms with E-state index in [1.165, 1.54) is 145 Å². The minimum absolute atomic E-state index is 0.0445. The second-order valence-electron chi connectivity index (χ2n) is 23.0. The lowest BCUT2D eigenvalue weighted by atomic mass is 9.39.